The molecule has 0 amide bonds. The van der Waals surface area contributed by atoms with E-state index in [4.69, 9.17) is 23.2 Å². The molecule has 0 atom stereocenters. The summed E-state index contributed by atoms with van der Waals surface area (Å²) in [5.41, 5.74) is -0.415. The topological polar surface area (TPSA) is 58.0 Å². The molecule has 0 unspecified atom stereocenters. The average Bonchev–Trinajstić information content (AvgIpc) is 2.31. The summed E-state index contributed by atoms with van der Waals surface area (Å²) in [4.78, 5) is 7.77. The minimum atomic E-state index is -0.415. The Hall–Kier alpha value is -0.580. The first kappa shape index (κ1) is 13.5. The highest BCUT2D eigenvalue weighted by Crippen LogP contribution is 2.26. The maximum absolute atomic E-state index is 9.42. The van der Waals surface area contributed by atoms with Gasteiger partial charge in [-0.25, -0.2) is 4.98 Å². The van der Waals surface area contributed by atoms with Crippen LogP contribution in [0.15, 0.2) is 6.20 Å². The van der Waals surface area contributed by atoms with Crippen LogP contribution in [0.25, 0.3) is 0 Å². The molecule has 0 fully saturated rings. The van der Waals surface area contributed by atoms with Crippen molar-refractivity contribution in [3.8, 4) is 0 Å². The number of halogens is 2. The predicted molar refractivity (Wildman–Crippen MR) is 66.1 cm³/mol. The molecule has 4 nitrogen and oxygen atoms in total. The third-order valence-electron chi connectivity index (χ3n) is 2.75. The summed E-state index contributed by atoms with van der Waals surface area (Å²) in [5.74, 6) is 0.458. The minimum Gasteiger partial charge on any atom is -0.394 e. The molecule has 0 saturated heterocycles. The maximum Gasteiger partial charge on any atom is 0.224 e. The van der Waals surface area contributed by atoms with E-state index in [9.17, 15) is 5.11 Å². The molecule has 0 aromatic carbocycles. The fraction of sp³-hybridized carbons (Fsp3) is 0.600. The van der Waals surface area contributed by atoms with E-state index in [2.05, 4.69) is 15.3 Å². The molecule has 2 N–H and O–H groups in total. The molecular weight excluding hydrogens is 249 g/mol. The molecule has 0 aliphatic rings. The number of aliphatic hydroxyl groups is 1. The van der Waals surface area contributed by atoms with Crippen LogP contribution < -0.4 is 5.32 Å². The van der Waals surface area contributed by atoms with E-state index in [1.165, 1.54) is 6.20 Å². The van der Waals surface area contributed by atoms with E-state index in [-0.39, 0.29) is 11.9 Å². The first-order valence-corrected chi connectivity index (χ1v) is 5.89. The summed E-state index contributed by atoms with van der Waals surface area (Å²) in [6, 6.07) is 0. The Morgan fingerprint density at radius 2 is 2.00 bits per heavy atom. The van der Waals surface area contributed by atoms with Crippen LogP contribution >= 0.6 is 23.2 Å². The van der Waals surface area contributed by atoms with E-state index in [1.807, 2.05) is 13.8 Å². The molecule has 0 spiro atoms. The highest BCUT2D eigenvalue weighted by Gasteiger charge is 2.26. The number of rotatable bonds is 5. The fourth-order valence-electron chi connectivity index (χ4n) is 1.37. The van der Waals surface area contributed by atoms with Crippen molar-refractivity contribution < 1.29 is 5.11 Å². The van der Waals surface area contributed by atoms with Crippen LogP contribution in [0.5, 0.6) is 0 Å². The highest BCUT2D eigenvalue weighted by atomic mass is 35.5. The molecule has 0 saturated carbocycles. The second-order valence-electron chi connectivity index (χ2n) is 3.61. The summed E-state index contributed by atoms with van der Waals surface area (Å²) >= 11 is 11.6. The summed E-state index contributed by atoms with van der Waals surface area (Å²) in [6.07, 6.45) is 2.96. The summed E-state index contributed by atoms with van der Waals surface area (Å²) < 4.78 is 0. The number of aliphatic hydroxyl groups excluding tert-OH is 1. The van der Waals surface area contributed by atoms with Crippen LogP contribution in [0.3, 0.4) is 0 Å². The monoisotopic (exact) mass is 263 g/mol. The Labute approximate surface area is 105 Å². The van der Waals surface area contributed by atoms with E-state index in [0.717, 1.165) is 12.8 Å². The maximum atomic E-state index is 9.42. The zero-order chi connectivity index (χ0) is 12.2. The number of nitrogens with one attached hydrogen (secondary N) is 1. The first-order chi connectivity index (χ1) is 7.56. The van der Waals surface area contributed by atoms with Crippen molar-refractivity contribution >= 4 is 29.0 Å². The number of hydrogen-bond acceptors (Lipinski definition) is 4. The van der Waals surface area contributed by atoms with E-state index >= 15 is 0 Å². The van der Waals surface area contributed by atoms with Gasteiger partial charge >= 0.3 is 0 Å². The molecule has 0 bridgehead atoms. The van der Waals surface area contributed by atoms with Crippen LogP contribution in [0.2, 0.25) is 10.3 Å². The zero-order valence-electron chi connectivity index (χ0n) is 9.30. The Kier molecular flexibility index (Phi) is 4.77. The standard InChI is InChI=1S/C10H15Cl2N3O/c1-3-10(4-2,6-16)15-8-7(11)5-13-9(12)14-8/h5,16H,3-4,6H2,1-2H3,(H,13,14,15). The van der Waals surface area contributed by atoms with Crippen molar-refractivity contribution in [3.63, 3.8) is 0 Å². The van der Waals surface area contributed by atoms with Gasteiger partial charge in [0.25, 0.3) is 0 Å². The molecule has 0 aliphatic carbocycles. The SMILES string of the molecule is CCC(CC)(CO)Nc1nc(Cl)ncc1Cl. The lowest BCUT2D eigenvalue weighted by Crippen LogP contribution is -2.41. The number of hydrogen-bond donors (Lipinski definition) is 2. The molecule has 0 aliphatic heterocycles. The summed E-state index contributed by atoms with van der Waals surface area (Å²) in [6.45, 7) is 3.99. The van der Waals surface area contributed by atoms with Gasteiger partial charge in [0.15, 0.2) is 0 Å². The second-order valence-corrected chi connectivity index (χ2v) is 4.35. The second kappa shape index (κ2) is 5.66. The van der Waals surface area contributed by atoms with Crippen molar-refractivity contribution in [2.45, 2.75) is 32.2 Å². The molecule has 0 radical (unpaired) electrons. The lowest BCUT2D eigenvalue weighted by Gasteiger charge is -2.31. The molecular formula is C10H15Cl2N3O. The van der Waals surface area contributed by atoms with E-state index in [0.29, 0.717) is 10.8 Å². The van der Waals surface area contributed by atoms with Crippen molar-refractivity contribution in [3.05, 3.63) is 16.5 Å². The van der Waals surface area contributed by atoms with Gasteiger partial charge < -0.3 is 10.4 Å². The Balaban J connectivity index is 2.97. The van der Waals surface area contributed by atoms with Gasteiger partial charge in [-0.05, 0) is 24.4 Å². The van der Waals surface area contributed by atoms with Crippen LogP contribution in [-0.4, -0.2) is 27.2 Å². The number of aromatic nitrogens is 2. The number of anilines is 1. The summed E-state index contributed by atoms with van der Waals surface area (Å²) in [7, 11) is 0. The van der Waals surface area contributed by atoms with Gasteiger partial charge in [-0.3, -0.25) is 0 Å². The van der Waals surface area contributed by atoms with Gasteiger partial charge in [-0.15, -0.1) is 0 Å². The van der Waals surface area contributed by atoms with Crippen LogP contribution in [-0.2, 0) is 0 Å². The van der Waals surface area contributed by atoms with Crippen LogP contribution in [0.1, 0.15) is 26.7 Å². The largest absolute Gasteiger partial charge is 0.394 e. The van der Waals surface area contributed by atoms with Crippen LogP contribution in [0, 0.1) is 0 Å². The Bertz CT molecular complexity index is 348. The lowest BCUT2D eigenvalue weighted by atomic mass is 9.94. The van der Waals surface area contributed by atoms with Crippen molar-refractivity contribution in [1.29, 1.82) is 0 Å². The number of nitrogens with zero attached hydrogens (tertiary/aromatic N) is 2. The van der Waals surface area contributed by atoms with Crippen molar-refractivity contribution in [2.24, 2.45) is 0 Å². The first-order valence-electron chi connectivity index (χ1n) is 5.14. The average molecular weight is 264 g/mol. The van der Waals surface area contributed by atoms with Gasteiger partial charge in [0.05, 0.1) is 18.3 Å². The van der Waals surface area contributed by atoms with Gasteiger partial charge in [0, 0.05) is 0 Å². The van der Waals surface area contributed by atoms with E-state index < -0.39 is 5.54 Å². The Morgan fingerprint density at radius 3 is 2.50 bits per heavy atom. The highest BCUT2D eigenvalue weighted by molar-refractivity contribution is 6.33. The van der Waals surface area contributed by atoms with Gasteiger partial charge in [0.2, 0.25) is 5.28 Å². The smallest absolute Gasteiger partial charge is 0.224 e. The van der Waals surface area contributed by atoms with Crippen LogP contribution in [0.4, 0.5) is 5.82 Å². The van der Waals surface area contributed by atoms with E-state index in [1.54, 1.807) is 0 Å². The van der Waals surface area contributed by atoms with Gasteiger partial charge in [0.1, 0.15) is 10.8 Å². The quantitative estimate of drug-likeness (QED) is 0.803. The minimum absolute atomic E-state index is 0.0119. The molecule has 1 heterocycles. The Morgan fingerprint density at radius 1 is 1.38 bits per heavy atom. The molecule has 90 valence electrons. The lowest BCUT2D eigenvalue weighted by molar-refractivity contribution is 0.202. The molecule has 16 heavy (non-hydrogen) atoms. The fourth-order valence-corrected chi connectivity index (χ4v) is 1.65. The van der Waals surface area contributed by atoms with Crippen molar-refractivity contribution in [2.75, 3.05) is 11.9 Å². The third kappa shape index (κ3) is 2.97. The predicted octanol–water partition coefficient (Wildman–Crippen LogP) is 2.75. The van der Waals surface area contributed by atoms with Crippen molar-refractivity contribution in [1.82, 2.24) is 9.97 Å². The van der Waals surface area contributed by atoms with Gasteiger partial charge in [-0.2, -0.15) is 4.98 Å². The molecule has 1 rings (SSSR count). The molecule has 1 aromatic rings. The normalized spacial score (nSPS) is 11.6. The molecule has 1 aromatic heterocycles. The zero-order valence-corrected chi connectivity index (χ0v) is 10.8. The molecule has 6 heteroatoms. The summed E-state index contributed by atoms with van der Waals surface area (Å²) in [5, 5.41) is 13.1. The third-order valence-corrected chi connectivity index (χ3v) is 3.21. The van der Waals surface area contributed by atoms with Gasteiger partial charge in [-0.1, -0.05) is 25.4 Å².